The average molecular weight is 490 g/mol. The van der Waals surface area contributed by atoms with Gasteiger partial charge < -0.3 is 9.47 Å². The minimum absolute atomic E-state index is 0.000703. The third-order valence-corrected chi connectivity index (χ3v) is 5.06. The average Bonchev–Trinajstić information content (AvgIpc) is 2.86. The molecule has 0 saturated heterocycles. The molecule has 0 saturated carbocycles. The summed E-state index contributed by atoms with van der Waals surface area (Å²) in [7, 11) is 0. The normalized spacial score (nSPS) is 17.2. The number of nitriles is 2. The van der Waals surface area contributed by atoms with Crippen molar-refractivity contribution in [3.05, 3.63) is 107 Å². The second-order valence-corrected chi connectivity index (χ2v) is 7.36. The van der Waals surface area contributed by atoms with Gasteiger partial charge in [-0.05, 0) is 60.2 Å². The zero-order chi connectivity index (χ0) is 25.7. The predicted molar refractivity (Wildman–Crippen MR) is 122 cm³/mol. The Morgan fingerprint density at radius 2 is 1.28 bits per heavy atom. The summed E-state index contributed by atoms with van der Waals surface area (Å²) in [6, 6.07) is 10.5. The molecule has 2 aliphatic rings. The first-order chi connectivity index (χ1) is 17.3. The Balaban J connectivity index is 1.85. The Morgan fingerprint density at radius 3 is 1.78 bits per heavy atom. The quantitative estimate of drug-likeness (QED) is 0.373. The fourth-order valence-corrected chi connectivity index (χ4v) is 3.49. The van der Waals surface area contributed by atoms with Crippen LogP contribution in [0.2, 0.25) is 0 Å². The van der Waals surface area contributed by atoms with Crippen LogP contribution in [0.15, 0.2) is 105 Å². The first kappa shape index (κ1) is 24.2. The molecule has 0 unspecified atom stereocenters. The van der Waals surface area contributed by atoms with Gasteiger partial charge in [-0.3, -0.25) is 0 Å². The molecular formula is C26H14F4N4O2. The maximum atomic E-state index is 13.2. The van der Waals surface area contributed by atoms with Gasteiger partial charge >= 0.3 is 6.18 Å². The molecule has 0 spiro atoms. The summed E-state index contributed by atoms with van der Waals surface area (Å²) in [5, 5.41) is 18.2. The van der Waals surface area contributed by atoms with Crippen molar-refractivity contribution in [2.75, 3.05) is 0 Å². The van der Waals surface area contributed by atoms with Crippen LogP contribution in [0.1, 0.15) is 11.1 Å². The molecule has 0 amide bonds. The number of rotatable bonds is 5. The zero-order valence-electron chi connectivity index (χ0n) is 18.3. The van der Waals surface area contributed by atoms with Crippen LogP contribution in [0, 0.1) is 22.9 Å². The minimum Gasteiger partial charge on any atom is -0.454 e. The number of fused-ring (bicyclic) bond motifs is 1. The van der Waals surface area contributed by atoms with Crippen molar-refractivity contribution in [2.45, 2.75) is 12.9 Å². The van der Waals surface area contributed by atoms with Crippen molar-refractivity contribution < 1.29 is 27.0 Å². The maximum Gasteiger partial charge on any atom is 0.416 e. The highest BCUT2D eigenvalue weighted by atomic mass is 19.4. The van der Waals surface area contributed by atoms with E-state index < -0.39 is 18.4 Å². The molecule has 0 radical (unpaired) electrons. The van der Waals surface area contributed by atoms with Gasteiger partial charge in [0.05, 0.1) is 5.56 Å². The van der Waals surface area contributed by atoms with Gasteiger partial charge in [0, 0.05) is 11.1 Å². The van der Waals surface area contributed by atoms with Gasteiger partial charge in [0.25, 0.3) is 0 Å². The minimum atomic E-state index is -4.58. The van der Waals surface area contributed by atoms with Crippen LogP contribution >= 0.6 is 0 Å². The van der Waals surface area contributed by atoms with Gasteiger partial charge in [-0.15, -0.1) is 0 Å². The van der Waals surface area contributed by atoms with Crippen molar-refractivity contribution in [2.24, 2.45) is 9.98 Å². The molecule has 0 heterocycles. The molecule has 2 aliphatic carbocycles. The molecule has 36 heavy (non-hydrogen) atoms. The number of benzene rings is 2. The topological polar surface area (TPSA) is 90.8 Å². The Hall–Kier alpha value is -4.96. The van der Waals surface area contributed by atoms with Gasteiger partial charge in [0.2, 0.25) is 12.4 Å². The first-order valence-corrected chi connectivity index (χ1v) is 10.3. The largest absolute Gasteiger partial charge is 0.454 e. The lowest BCUT2D eigenvalue weighted by atomic mass is 9.90. The maximum absolute atomic E-state index is 13.2. The molecule has 4 rings (SSSR count). The van der Waals surface area contributed by atoms with Crippen molar-refractivity contribution in [1.82, 2.24) is 0 Å². The van der Waals surface area contributed by atoms with E-state index in [0.717, 1.165) is 12.1 Å². The van der Waals surface area contributed by atoms with E-state index in [1.165, 1.54) is 36.4 Å². The van der Waals surface area contributed by atoms with Crippen LogP contribution in [0.5, 0.6) is 11.5 Å². The van der Waals surface area contributed by atoms with Crippen LogP contribution < -0.4 is 9.47 Å². The fourth-order valence-electron chi connectivity index (χ4n) is 3.49. The lowest BCUT2D eigenvalue weighted by molar-refractivity contribution is -0.137. The van der Waals surface area contributed by atoms with Gasteiger partial charge in [0.1, 0.15) is 29.6 Å². The lowest BCUT2D eigenvalue weighted by Crippen LogP contribution is -2.21. The third kappa shape index (κ3) is 5.08. The first-order valence-electron chi connectivity index (χ1n) is 10.3. The summed E-state index contributed by atoms with van der Waals surface area (Å²) in [6.45, 7) is -0.712. The van der Waals surface area contributed by atoms with E-state index in [1.807, 2.05) is 0 Å². The number of aliphatic imine (C=N–C) groups is 2. The van der Waals surface area contributed by atoms with Crippen molar-refractivity contribution in [1.29, 1.82) is 10.5 Å². The van der Waals surface area contributed by atoms with Crippen molar-refractivity contribution >= 4 is 11.4 Å². The van der Waals surface area contributed by atoms with E-state index in [1.54, 1.807) is 36.7 Å². The zero-order valence-corrected chi connectivity index (χ0v) is 18.3. The summed E-state index contributed by atoms with van der Waals surface area (Å²) >= 11 is 0. The van der Waals surface area contributed by atoms with Crippen LogP contribution in [0.3, 0.4) is 0 Å². The number of ether oxygens (including phenoxy) is 2. The highest BCUT2D eigenvalue weighted by Crippen LogP contribution is 2.36. The Bertz CT molecular complexity index is 1480. The van der Waals surface area contributed by atoms with Crippen molar-refractivity contribution in [3.8, 4) is 23.9 Å². The van der Waals surface area contributed by atoms with Crippen molar-refractivity contribution in [3.63, 3.8) is 0 Å². The summed E-state index contributed by atoms with van der Waals surface area (Å²) in [4.78, 5) is 7.49. The molecule has 0 fully saturated rings. The van der Waals surface area contributed by atoms with Gasteiger partial charge in [-0.2, -0.15) is 33.7 Å². The molecule has 0 N–H and O–H groups in total. The summed E-state index contributed by atoms with van der Waals surface area (Å²) < 4.78 is 64.5. The van der Waals surface area contributed by atoms with Gasteiger partial charge in [0.15, 0.2) is 11.5 Å². The molecule has 2 aromatic rings. The van der Waals surface area contributed by atoms with Crippen LogP contribution in [-0.2, 0) is 12.9 Å². The van der Waals surface area contributed by atoms with Gasteiger partial charge in [-0.1, -0.05) is 18.2 Å². The van der Waals surface area contributed by atoms with E-state index >= 15 is 0 Å². The standard InChI is InChI=1S/C26H14F4N4O2/c27-13-16-3-1-5-18(11-16)35-24-20-7-10-23(34-15-32)25(21(20)8-9-22(24)33-14-31)36-19-6-2-4-17(12-19)26(28,29)30/h1-12H,13H2/b33-22+,34-23+. The van der Waals surface area contributed by atoms with Crippen LogP contribution in [-0.4, -0.2) is 11.4 Å². The summed E-state index contributed by atoms with van der Waals surface area (Å²) in [5.74, 6) is 0.274. The Labute approximate surface area is 202 Å². The molecular weight excluding hydrogens is 476 g/mol. The molecule has 2 aromatic carbocycles. The highest BCUT2D eigenvalue weighted by Gasteiger charge is 2.32. The van der Waals surface area contributed by atoms with E-state index in [9.17, 15) is 17.6 Å². The predicted octanol–water partition coefficient (Wildman–Crippen LogP) is 6.12. The number of hydrogen-bond donors (Lipinski definition) is 0. The summed E-state index contributed by atoms with van der Waals surface area (Å²) in [6.07, 6.45) is 4.71. The fraction of sp³-hybridized carbons (Fsp3) is 0.0769. The molecule has 0 aliphatic heterocycles. The second-order valence-electron chi connectivity index (χ2n) is 7.36. The Kier molecular flexibility index (Phi) is 6.79. The molecule has 0 bridgehead atoms. The van der Waals surface area contributed by atoms with E-state index in [4.69, 9.17) is 20.0 Å². The number of alkyl halides is 4. The number of hydrogen-bond acceptors (Lipinski definition) is 6. The van der Waals surface area contributed by atoms with Crippen LogP contribution in [0.4, 0.5) is 17.6 Å². The smallest absolute Gasteiger partial charge is 0.416 e. The SMILES string of the molecule is N#C/N=C1\C=CC2=C(Oc3cccc(C(F)(F)F)c3)/C(=N/C#N)C=CC2=C1Oc1cccc(CF)c1. The van der Waals surface area contributed by atoms with E-state index in [0.29, 0.717) is 16.7 Å². The van der Waals surface area contributed by atoms with Gasteiger partial charge in [-0.25, -0.2) is 4.39 Å². The molecule has 178 valence electrons. The number of halogens is 4. The molecule has 6 nitrogen and oxygen atoms in total. The highest BCUT2D eigenvalue weighted by molar-refractivity contribution is 6.15. The molecule has 0 aromatic heterocycles. The van der Waals surface area contributed by atoms with E-state index in [2.05, 4.69) is 9.98 Å². The van der Waals surface area contributed by atoms with Crippen LogP contribution in [0.25, 0.3) is 0 Å². The number of allylic oxidation sites excluding steroid dienone is 6. The third-order valence-electron chi connectivity index (χ3n) is 5.06. The van der Waals surface area contributed by atoms with E-state index in [-0.39, 0.29) is 34.4 Å². The second kappa shape index (κ2) is 10.1. The molecule has 0 atom stereocenters. The summed E-state index contributed by atoms with van der Waals surface area (Å²) in [5.41, 5.74) is 0.387. The molecule has 10 heteroatoms. The number of nitrogens with zero attached hydrogens (tertiary/aromatic N) is 4. The monoisotopic (exact) mass is 490 g/mol. The Morgan fingerprint density at radius 1 is 0.750 bits per heavy atom. The lowest BCUT2D eigenvalue weighted by Gasteiger charge is -2.24.